The maximum absolute atomic E-state index is 3.67. The van der Waals surface area contributed by atoms with Crippen LogP contribution in [0.1, 0.15) is 54.5 Å². The molecule has 1 aliphatic carbocycles. The Balaban J connectivity index is 1.87. The molecule has 0 saturated carbocycles. The SMILES string of the molecule is CCNC1CCCCc2ccc(Cc3ccccc3)cc21. The fourth-order valence-electron chi connectivity index (χ4n) is 3.42. The first-order valence-corrected chi connectivity index (χ1v) is 8.26. The zero-order valence-electron chi connectivity index (χ0n) is 12.9. The number of hydrogen-bond donors (Lipinski definition) is 1. The van der Waals surface area contributed by atoms with E-state index in [0.717, 1.165) is 13.0 Å². The first-order chi connectivity index (χ1) is 10.4. The number of rotatable bonds is 4. The predicted octanol–water partition coefficient (Wildman–Crippen LogP) is 4.65. The minimum absolute atomic E-state index is 0.545. The van der Waals surface area contributed by atoms with Crippen LogP contribution in [0.15, 0.2) is 48.5 Å². The van der Waals surface area contributed by atoms with E-state index < -0.39 is 0 Å². The largest absolute Gasteiger partial charge is 0.310 e. The van der Waals surface area contributed by atoms with Gasteiger partial charge in [0, 0.05) is 6.04 Å². The molecule has 0 fully saturated rings. The Kier molecular flexibility index (Phi) is 4.72. The molecule has 2 aromatic rings. The standard InChI is InChI=1S/C20H25N/c1-2-21-20-11-7-6-10-18-13-12-17(15-19(18)20)14-16-8-4-3-5-9-16/h3-5,8-9,12-13,15,20-21H,2,6-7,10-11,14H2,1H3. The van der Waals surface area contributed by atoms with E-state index in [2.05, 4.69) is 60.8 Å². The molecule has 1 unspecified atom stereocenters. The van der Waals surface area contributed by atoms with Gasteiger partial charge in [0.2, 0.25) is 0 Å². The second kappa shape index (κ2) is 6.91. The molecule has 1 N–H and O–H groups in total. The molecule has 0 bridgehead atoms. The van der Waals surface area contributed by atoms with E-state index in [9.17, 15) is 0 Å². The summed E-state index contributed by atoms with van der Waals surface area (Å²) in [6, 6.07) is 18.4. The molecule has 0 aliphatic heterocycles. The summed E-state index contributed by atoms with van der Waals surface area (Å²) in [5, 5.41) is 3.67. The van der Waals surface area contributed by atoms with Crippen LogP contribution in [0, 0.1) is 0 Å². The van der Waals surface area contributed by atoms with Gasteiger partial charge < -0.3 is 5.32 Å². The number of fused-ring (bicyclic) bond motifs is 1. The van der Waals surface area contributed by atoms with Gasteiger partial charge in [0.05, 0.1) is 0 Å². The van der Waals surface area contributed by atoms with Crippen LogP contribution in [0.4, 0.5) is 0 Å². The first-order valence-electron chi connectivity index (χ1n) is 8.26. The third-order valence-corrected chi connectivity index (χ3v) is 4.48. The summed E-state index contributed by atoms with van der Waals surface area (Å²) in [6.07, 6.45) is 6.21. The lowest BCUT2D eigenvalue weighted by Crippen LogP contribution is -2.21. The van der Waals surface area contributed by atoms with Crippen LogP contribution in [0.3, 0.4) is 0 Å². The second-order valence-electron chi connectivity index (χ2n) is 6.05. The number of benzene rings is 2. The third-order valence-electron chi connectivity index (χ3n) is 4.48. The van der Waals surface area contributed by atoms with Crippen LogP contribution in [-0.2, 0) is 12.8 Å². The molecular weight excluding hydrogens is 254 g/mol. The molecular formula is C20H25N. The average molecular weight is 279 g/mol. The van der Waals surface area contributed by atoms with Gasteiger partial charge in [-0.2, -0.15) is 0 Å². The molecule has 1 nitrogen and oxygen atoms in total. The zero-order valence-corrected chi connectivity index (χ0v) is 12.9. The highest BCUT2D eigenvalue weighted by Crippen LogP contribution is 2.30. The summed E-state index contributed by atoms with van der Waals surface area (Å²) < 4.78 is 0. The molecule has 0 amide bonds. The van der Waals surface area contributed by atoms with Crippen LogP contribution < -0.4 is 5.32 Å². The van der Waals surface area contributed by atoms with Gasteiger partial charge in [-0.1, -0.05) is 61.9 Å². The van der Waals surface area contributed by atoms with Crippen molar-refractivity contribution < 1.29 is 0 Å². The van der Waals surface area contributed by atoms with Gasteiger partial charge in [0.25, 0.3) is 0 Å². The van der Waals surface area contributed by atoms with Crippen LogP contribution in [0.2, 0.25) is 0 Å². The molecule has 1 atom stereocenters. The van der Waals surface area contributed by atoms with E-state index in [1.54, 1.807) is 11.1 Å². The Morgan fingerprint density at radius 2 is 1.86 bits per heavy atom. The molecule has 0 aromatic heterocycles. The minimum Gasteiger partial charge on any atom is -0.310 e. The lowest BCUT2D eigenvalue weighted by molar-refractivity contribution is 0.503. The smallest absolute Gasteiger partial charge is 0.0322 e. The molecule has 0 radical (unpaired) electrons. The summed E-state index contributed by atoms with van der Waals surface area (Å²) in [5.41, 5.74) is 5.92. The van der Waals surface area contributed by atoms with Gasteiger partial charge in [-0.05, 0) is 54.5 Å². The van der Waals surface area contributed by atoms with Crippen molar-refractivity contribution in [3.63, 3.8) is 0 Å². The number of hydrogen-bond acceptors (Lipinski definition) is 1. The van der Waals surface area contributed by atoms with Gasteiger partial charge >= 0.3 is 0 Å². The van der Waals surface area contributed by atoms with Gasteiger partial charge in [0.1, 0.15) is 0 Å². The van der Waals surface area contributed by atoms with E-state index in [-0.39, 0.29) is 0 Å². The highest BCUT2D eigenvalue weighted by Gasteiger charge is 2.18. The highest BCUT2D eigenvalue weighted by molar-refractivity contribution is 5.37. The number of nitrogens with one attached hydrogen (secondary N) is 1. The van der Waals surface area contributed by atoms with Crippen molar-refractivity contribution in [3.05, 3.63) is 70.8 Å². The molecule has 1 aliphatic rings. The van der Waals surface area contributed by atoms with Crippen molar-refractivity contribution in [2.45, 2.75) is 45.1 Å². The molecule has 110 valence electrons. The zero-order chi connectivity index (χ0) is 14.5. The lowest BCUT2D eigenvalue weighted by Gasteiger charge is -2.19. The molecule has 3 rings (SSSR count). The molecule has 2 aromatic carbocycles. The lowest BCUT2D eigenvalue weighted by atomic mass is 9.94. The Labute approximate surface area is 128 Å². The summed E-state index contributed by atoms with van der Waals surface area (Å²) in [4.78, 5) is 0. The quantitative estimate of drug-likeness (QED) is 0.803. The van der Waals surface area contributed by atoms with Gasteiger partial charge in [-0.25, -0.2) is 0 Å². The summed E-state index contributed by atoms with van der Waals surface area (Å²) in [6.45, 7) is 3.26. The maximum atomic E-state index is 3.67. The molecule has 0 spiro atoms. The Bertz CT molecular complexity index is 574. The van der Waals surface area contributed by atoms with Gasteiger partial charge in [-0.15, -0.1) is 0 Å². The van der Waals surface area contributed by atoms with E-state index in [0.29, 0.717) is 6.04 Å². The minimum atomic E-state index is 0.545. The fourth-order valence-corrected chi connectivity index (χ4v) is 3.42. The van der Waals surface area contributed by atoms with Crippen LogP contribution in [0.25, 0.3) is 0 Å². The molecule has 0 saturated heterocycles. The van der Waals surface area contributed by atoms with Crippen LogP contribution >= 0.6 is 0 Å². The summed E-state index contributed by atoms with van der Waals surface area (Å²) in [7, 11) is 0. The Morgan fingerprint density at radius 3 is 2.67 bits per heavy atom. The van der Waals surface area contributed by atoms with Crippen LogP contribution in [0.5, 0.6) is 0 Å². The Morgan fingerprint density at radius 1 is 1.00 bits per heavy atom. The van der Waals surface area contributed by atoms with Crippen LogP contribution in [-0.4, -0.2) is 6.54 Å². The van der Waals surface area contributed by atoms with Crippen molar-refractivity contribution in [2.24, 2.45) is 0 Å². The predicted molar refractivity (Wildman–Crippen MR) is 89.7 cm³/mol. The van der Waals surface area contributed by atoms with E-state index in [4.69, 9.17) is 0 Å². The second-order valence-corrected chi connectivity index (χ2v) is 6.05. The van der Waals surface area contributed by atoms with Crippen molar-refractivity contribution in [2.75, 3.05) is 6.54 Å². The van der Waals surface area contributed by atoms with E-state index in [1.807, 2.05) is 0 Å². The topological polar surface area (TPSA) is 12.0 Å². The van der Waals surface area contributed by atoms with Crippen molar-refractivity contribution >= 4 is 0 Å². The van der Waals surface area contributed by atoms with Gasteiger partial charge in [-0.3, -0.25) is 0 Å². The number of aryl methyl sites for hydroxylation is 1. The van der Waals surface area contributed by atoms with Gasteiger partial charge in [0.15, 0.2) is 0 Å². The summed E-state index contributed by atoms with van der Waals surface area (Å²) in [5.74, 6) is 0. The van der Waals surface area contributed by atoms with E-state index in [1.165, 1.54) is 36.8 Å². The summed E-state index contributed by atoms with van der Waals surface area (Å²) >= 11 is 0. The highest BCUT2D eigenvalue weighted by atomic mass is 14.9. The fraction of sp³-hybridized carbons (Fsp3) is 0.400. The monoisotopic (exact) mass is 279 g/mol. The van der Waals surface area contributed by atoms with Crippen molar-refractivity contribution in [1.29, 1.82) is 0 Å². The maximum Gasteiger partial charge on any atom is 0.0322 e. The molecule has 21 heavy (non-hydrogen) atoms. The van der Waals surface area contributed by atoms with Crippen molar-refractivity contribution in [3.8, 4) is 0 Å². The molecule has 0 heterocycles. The van der Waals surface area contributed by atoms with Crippen molar-refractivity contribution in [1.82, 2.24) is 5.32 Å². The first kappa shape index (κ1) is 14.3. The third kappa shape index (κ3) is 3.54. The van der Waals surface area contributed by atoms with E-state index >= 15 is 0 Å². The normalized spacial score (nSPS) is 18.0. The Hall–Kier alpha value is -1.60. The average Bonchev–Trinajstić information content (AvgIpc) is 2.71. The molecule has 1 heteroatoms.